The Morgan fingerprint density at radius 3 is 2.16 bits per heavy atom. The van der Waals surface area contributed by atoms with Crippen molar-refractivity contribution < 1.29 is 17.9 Å². The molecular weight excluding hydrogens is 424 g/mol. The van der Waals surface area contributed by atoms with E-state index in [1.54, 1.807) is 36.4 Å². The standard InChI is InChI=1S/C25H22N2O4S/c1-32(29,30)27(24-13-7-9-19-8-5-6-12-23(19)24)18-25(28)26-20-14-16-22(17-15-20)31-21-10-3-2-4-11-21/h2-17H,18H2,1H3,(H,26,28). The molecule has 4 rings (SSSR count). The highest BCUT2D eigenvalue weighted by molar-refractivity contribution is 7.92. The van der Waals surface area contributed by atoms with Crippen LogP contribution in [-0.4, -0.2) is 27.1 Å². The van der Waals surface area contributed by atoms with Gasteiger partial charge in [0.2, 0.25) is 15.9 Å². The number of para-hydroxylation sites is 1. The molecule has 0 aliphatic heterocycles. The summed E-state index contributed by atoms with van der Waals surface area (Å²) in [5, 5.41) is 4.41. The predicted molar refractivity (Wildman–Crippen MR) is 128 cm³/mol. The minimum absolute atomic E-state index is 0.338. The van der Waals surface area contributed by atoms with Gasteiger partial charge in [0, 0.05) is 11.1 Å². The Labute approximate surface area is 187 Å². The number of ether oxygens (including phenoxy) is 1. The summed E-state index contributed by atoms with van der Waals surface area (Å²) >= 11 is 0. The molecule has 1 amide bonds. The van der Waals surface area contributed by atoms with Gasteiger partial charge in [-0.3, -0.25) is 9.10 Å². The molecule has 0 aliphatic carbocycles. The zero-order chi connectivity index (χ0) is 22.6. The van der Waals surface area contributed by atoms with Gasteiger partial charge in [-0.05, 0) is 47.9 Å². The van der Waals surface area contributed by atoms with Gasteiger partial charge >= 0.3 is 0 Å². The minimum Gasteiger partial charge on any atom is -0.457 e. The Kier molecular flexibility index (Phi) is 6.09. The molecule has 4 aromatic carbocycles. The molecule has 1 N–H and O–H groups in total. The van der Waals surface area contributed by atoms with Crippen LogP contribution in [-0.2, 0) is 14.8 Å². The second kappa shape index (κ2) is 9.11. The van der Waals surface area contributed by atoms with Crippen molar-refractivity contribution >= 4 is 38.1 Å². The molecule has 0 aliphatic rings. The van der Waals surface area contributed by atoms with Crippen molar-refractivity contribution in [3.8, 4) is 11.5 Å². The number of sulfonamides is 1. The maximum absolute atomic E-state index is 12.7. The molecule has 0 saturated heterocycles. The van der Waals surface area contributed by atoms with E-state index in [0.29, 0.717) is 22.9 Å². The lowest BCUT2D eigenvalue weighted by atomic mass is 10.1. The van der Waals surface area contributed by atoms with Crippen molar-refractivity contribution in [2.75, 3.05) is 22.4 Å². The van der Waals surface area contributed by atoms with Crippen LogP contribution >= 0.6 is 0 Å². The molecule has 4 aromatic rings. The zero-order valence-corrected chi connectivity index (χ0v) is 18.2. The monoisotopic (exact) mass is 446 g/mol. The van der Waals surface area contributed by atoms with Crippen LogP contribution in [0.25, 0.3) is 10.8 Å². The van der Waals surface area contributed by atoms with Crippen LogP contribution in [0.1, 0.15) is 0 Å². The van der Waals surface area contributed by atoms with E-state index in [2.05, 4.69) is 5.32 Å². The van der Waals surface area contributed by atoms with E-state index in [9.17, 15) is 13.2 Å². The van der Waals surface area contributed by atoms with Gasteiger partial charge in [-0.2, -0.15) is 0 Å². The van der Waals surface area contributed by atoms with Gasteiger partial charge < -0.3 is 10.1 Å². The average Bonchev–Trinajstić information content (AvgIpc) is 2.78. The molecule has 0 spiro atoms. The van der Waals surface area contributed by atoms with Crippen LogP contribution < -0.4 is 14.4 Å². The van der Waals surface area contributed by atoms with E-state index in [1.165, 1.54) is 0 Å². The van der Waals surface area contributed by atoms with Gasteiger partial charge in [0.25, 0.3) is 0 Å². The SMILES string of the molecule is CS(=O)(=O)N(CC(=O)Nc1ccc(Oc2ccccc2)cc1)c1cccc2ccccc12. The van der Waals surface area contributed by atoms with Crippen molar-refractivity contribution in [1.29, 1.82) is 0 Å². The highest BCUT2D eigenvalue weighted by Crippen LogP contribution is 2.28. The van der Waals surface area contributed by atoms with Gasteiger partial charge in [0.1, 0.15) is 18.0 Å². The second-order valence-corrected chi connectivity index (χ2v) is 9.16. The first kappa shape index (κ1) is 21.4. The molecule has 0 unspecified atom stereocenters. The summed E-state index contributed by atoms with van der Waals surface area (Å²) in [5.41, 5.74) is 1.01. The normalized spacial score (nSPS) is 11.2. The molecule has 0 heterocycles. The fourth-order valence-corrected chi connectivity index (χ4v) is 4.24. The lowest BCUT2D eigenvalue weighted by Crippen LogP contribution is -2.37. The number of carbonyl (C=O) groups excluding carboxylic acids is 1. The fraction of sp³-hybridized carbons (Fsp3) is 0.0800. The maximum atomic E-state index is 12.7. The van der Waals surface area contributed by atoms with Crippen LogP contribution in [0.3, 0.4) is 0 Å². The van der Waals surface area contributed by atoms with Gasteiger partial charge in [-0.15, -0.1) is 0 Å². The number of rotatable bonds is 7. The molecule has 0 saturated carbocycles. The number of fused-ring (bicyclic) bond motifs is 1. The summed E-state index contributed by atoms with van der Waals surface area (Å²) in [7, 11) is -3.69. The van der Waals surface area contributed by atoms with Crippen LogP contribution in [0.15, 0.2) is 97.1 Å². The van der Waals surface area contributed by atoms with Crippen LogP contribution in [0.2, 0.25) is 0 Å². The first-order chi connectivity index (χ1) is 15.4. The van der Waals surface area contributed by atoms with E-state index in [-0.39, 0.29) is 6.54 Å². The van der Waals surface area contributed by atoms with Crippen LogP contribution in [0.5, 0.6) is 11.5 Å². The topological polar surface area (TPSA) is 75.7 Å². The van der Waals surface area contributed by atoms with E-state index in [0.717, 1.165) is 21.3 Å². The lowest BCUT2D eigenvalue weighted by molar-refractivity contribution is -0.114. The molecule has 0 aromatic heterocycles. The van der Waals surface area contributed by atoms with Crippen molar-refractivity contribution in [3.63, 3.8) is 0 Å². The van der Waals surface area contributed by atoms with Gasteiger partial charge in [0.05, 0.1) is 11.9 Å². The molecule has 0 bridgehead atoms. The van der Waals surface area contributed by atoms with Crippen LogP contribution in [0, 0.1) is 0 Å². The number of benzene rings is 4. The molecule has 0 fully saturated rings. The predicted octanol–water partition coefficient (Wildman–Crippen LogP) is 5.04. The van der Waals surface area contributed by atoms with E-state index in [1.807, 2.05) is 60.7 Å². The van der Waals surface area contributed by atoms with Crippen molar-refractivity contribution in [1.82, 2.24) is 0 Å². The Balaban J connectivity index is 1.50. The van der Waals surface area contributed by atoms with Crippen molar-refractivity contribution in [2.45, 2.75) is 0 Å². The molecule has 6 nitrogen and oxygen atoms in total. The Bertz CT molecular complexity index is 1330. The largest absolute Gasteiger partial charge is 0.457 e. The molecule has 7 heteroatoms. The number of carbonyl (C=O) groups is 1. The summed E-state index contributed by atoms with van der Waals surface area (Å²) in [5.74, 6) is 0.894. The van der Waals surface area contributed by atoms with Crippen LogP contribution in [0.4, 0.5) is 11.4 Å². The lowest BCUT2D eigenvalue weighted by Gasteiger charge is -2.23. The summed E-state index contributed by atoms with van der Waals surface area (Å²) in [4.78, 5) is 12.7. The highest BCUT2D eigenvalue weighted by Gasteiger charge is 2.22. The zero-order valence-electron chi connectivity index (χ0n) is 17.4. The number of hydrogen-bond acceptors (Lipinski definition) is 4. The van der Waals surface area contributed by atoms with Gasteiger partial charge in [-0.25, -0.2) is 8.42 Å². The number of amides is 1. The Morgan fingerprint density at radius 1 is 0.812 bits per heavy atom. The molecule has 32 heavy (non-hydrogen) atoms. The first-order valence-corrected chi connectivity index (χ1v) is 11.8. The highest BCUT2D eigenvalue weighted by atomic mass is 32.2. The number of nitrogens with zero attached hydrogens (tertiary/aromatic N) is 1. The quantitative estimate of drug-likeness (QED) is 0.432. The van der Waals surface area contributed by atoms with Crippen molar-refractivity contribution in [3.05, 3.63) is 97.1 Å². The van der Waals surface area contributed by atoms with E-state index < -0.39 is 15.9 Å². The van der Waals surface area contributed by atoms with E-state index in [4.69, 9.17) is 4.74 Å². The summed E-state index contributed by atoms with van der Waals surface area (Å²) < 4.78 is 31.9. The maximum Gasteiger partial charge on any atom is 0.245 e. The summed E-state index contributed by atoms with van der Waals surface area (Å²) in [6.45, 7) is -0.338. The third-order valence-corrected chi connectivity index (χ3v) is 5.97. The molecule has 0 atom stereocenters. The molecule has 0 radical (unpaired) electrons. The van der Waals surface area contributed by atoms with Gasteiger partial charge in [0.15, 0.2) is 0 Å². The smallest absolute Gasteiger partial charge is 0.245 e. The minimum atomic E-state index is -3.69. The fourth-order valence-electron chi connectivity index (χ4n) is 3.37. The number of nitrogens with one attached hydrogen (secondary N) is 1. The summed E-state index contributed by atoms with van der Waals surface area (Å²) in [6, 6.07) is 29.1. The van der Waals surface area contributed by atoms with E-state index >= 15 is 0 Å². The summed E-state index contributed by atoms with van der Waals surface area (Å²) in [6.07, 6.45) is 1.10. The average molecular weight is 447 g/mol. The second-order valence-electron chi connectivity index (χ2n) is 7.26. The number of anilines is 2. The molecule has 162 valence electrons. The van der Waals surface area contributed by atoms with Gasteiger partial charge in [-0.1, -0.05) is 54.6 Å². The third-order valence-electron chi connectivity index (χ3n) is 4.84. The molecular formula is C25H22N2O4S. The Hall–Kier alpha value is -3.84. The number of hydrogen-bond donors (Lipinski definition) is 1. The van der Waals surface area contributed by atoms with Crippen molar-refractivity contribution in [2.24, 2.45) is 0 Å². The first-order valence-electron chi connectivity index (χ1n) is 9.98. The third kappa shape index (κ3) is 5.07. The Morgan fingerprint density at radius 2 is 1.44 bits per heavy atom.